The fourth-order valence-corrected chi connectivity index (χ4v) is 2.88. The molecular formula is C14H15ClN2O3. The molecule has 0 aromatic heterocycles. The van der Waals surface area contributed by atoms with Crippen LogP contribution in [0.3, 0.4) is 0 Å². The van der Waals surface area contributed by atoms with Crippen LogP contribution in [0.25, 0.3) is 0 Å². The first-order valence-electron chi connectivity index (χ1n) is 6.67. The van der Waals surface area contributed by atoms with Gasteiger partial charge >= 0.3 is 6.03 Å². The van der Waals surface area contributed by atoms with Crippen LogP contribution in [-0.4, -0.2) is 47.5 Å². The van der Waals surface area contributed by atoms with Crippen LogP contribution in [0, 0.1) is 0 Å². The maximum atomic E-state index is 12.1. The normalized spacial score (nSPS) is 21.6. The number of ether oxygens (including phenoxy) is 1. The molecule has 2 aliphatic rings. The Labute approximate surface area is 122 Å². The van der Waals surface area contributed by atoms with E-state index in [0.717, 1.165) is 12.8 Å². The molecule has 3 amide bonds. The summed E-state index contributed by atoms with van der Waals surface area (Å²) >= 11 is 5.86. The number of hydrogen-bond donors (Lipinski definition) is 0. The zero-order chi connectivity index (χ0) is 14.1. The average molecular weight is 295 g/mol. The minimum atomic E-state index is -0.242. The van der Waals surface area contributed by atoms with Gasteiger partial charge in [0.25, 0.3) is 5.91 Å². The molecule has 0 aliphatic carbocycles. The number of hydrogen-bond acceptors (Lipinski definition) is 3. The lowest BCUT2D eigenvalue weighted by molar-refractivity contribution is -0.128. The molecule has 0 bridgehead atoms. The highest BCUT2D eigenvalue weighted by Crippen LogP contribution is 2.27. The molecule has 6 heteroatoms. The molecule has 20 heavy (non-hydrogen) atoms. The summed E-state index contributed by atoms with van der Waals surface area (Å²) in [6.07, 6.45) is 1.69. The number of imide groups is 1. The summed E-state index contributed by atoms with van der Waals surface area (Å²) in [6, 6.07) is 6.61. The standard InChI is InChI=1S/C14H15ClN2O3/c15-10-3-1-4-11(9-10)20-8-7-17-13(18)12-5-2-6-16(12)14(17)19/h1,3-4,9,12H,2,5-8H2. The molecule has 2 fully saturated rings. The molecule has 0 N–H and O–H groups in total. The van der Waals surface area contributed by atoms with E-state index in [-0.39, 0.29) is 31.1 Å². The molecule has 106 valence electrons. The Hall–Kier alpha value is -1.75. The minimum absolute atomic E-state index is 0.0952. The largest absolute Gasteiger partial charge is 0.492 e. The third kappa shape index (κ3) is 2.33. The lowest BCUT2D eigenvalue weighted by Gasteiger charge is -2.15. The first-order chi connectivity index (χ1) is 9.66. The van der Waals surface area contributed by atoms with Crippen molar-refractivity contribution < 1.29 is 14.3 Å². The molecule has 0 spiro atoms. The summed E-state index contributed by atoms with van der Waals surface area (Å²) in [6.45, 7) is 1.23. The number of carbonyl (C=O) groups is 2. The van der Waals surface area contributed by atoms with Crippen LogP contribution in [-0.2, 0) is 4.79 Å². The number of amides is 3. The number of rotatable bonds is 4. The molecule has 2 saturated heterocycles. The lowest BCUT2D eigenvalue weighted by atomic mass is 10.2. The summed E-state index contributed by atoms with van der Waals surface area (Å²) in [5.74, 6) is 0.541. The third-order valence-corrected chi connectivity index (χ3v) is 3.90. The van der Waals surface area contributed by atoms with E-state index in [1.807, 2.05) is 0 Å². The topological polar surface area (TPSA) is 49.9 Å². The van der Waals surface area contributed by atoms with Crippen molar-refractivity contribution in [3.05, 3.63) is 29.3 Å². The Morgan fingerprint density at radius 2 is 2.20 bits per heavy atom. The van der Waals surface area contributed by atoms with E-state index in [1.54, 1.807) is 29.2 Å². The molecule has 1 atom stereocenters. The molecule has 3 rings (SSSR count). The molecule has 1 aromatic rings. The Kier molecular flexibility index (Phi) is 3.53. The molecule has 1 unspecified atom stereocenters. The summed E-state index contributed by atoms with van der Waals surface area (Å²) in [5, 5.41) is 0.594. The van der Waals surface area contributed by atoms with Crippen LogP contribution in [0.4, 0.5) is 4.79 Å². The van der Waals surface area contributed by atoms with E-state index in [1.165, 1.54) is 4.90 Å². The van der Waals surface area contributed by atoms with Crippen LogP contribution < -0.4 is 4.74 Å². The van der Waals surface area contributed by atoms with Gasteiger partial charge in [-0.1, -0.05) is 17.7 Å². The maximum absolute atomic E-state index is 12.1. The van der Waals surface area contributed by atoms with Gasteiger partial charge in [-0.25, -0.2) is 4.79 Å². The highest BCUT2D eigenvalue weighted by atomic mass is 35.5. The van der Waals surface area contributed by atoms with E-state index in [2.05, 4.69) is 0 Å². The van der Waals surface area contributed by atoms with Crippen molar-refractivity contribution in [2.24, 2.45) is 0 Å². The average Bonchev–Trinajstić information content (AvgIpc) is 2.98. The van der Waals surface area contributed by atoms with E-state index in [9.17, 15) is 9.59 Å². The molecule has 1 aromatic carbocycles. The Morgan fingerprint density at radius 3 is 2.95 bits per heavy atom. The summed E-state index contributed by atoms with van der Waals surface area (Å²) < 4.78 is 5.52. The number of carbonyl (C=O) groups excluding carboxylic acids is 2. The fraction of sp³-hybridized carbons (Fsp3) is 0.429. The Morgan fingerprint density at radius 1 is 1.35 bits per heavy atom. The van der Waals surface area contributed by atoms with Crippen molar-refractivity contribution in [1.82, 2.24) is 9.80 Å². The van der Waals surface area contributed by atoms with Gasteiger partial charge in [-0.05, 0) is 31.0 Å². The van der Waals surface area contributed by atoms with Crippen molar-refractivity contribution in [2.45, 2.75) is 18.9 Å². The van der Waals surface area contributed by atoms with Crippen LogP contribution in [0.2, 0.25) is 5.02 Å². The second-order valence-electron chi connectivity index (χ2n) is 4.93. The Bertz CT molecular complexity index is 527. The zero-order valence-electron chi connectivity index (χ0n) is 10.9. The minimum Gasteiger partial charge on any atom is -0.492 e. The van der Waals surface area contributed by atoms with Gasteiger partial charge in [-0.15, -0.1) is 0 Å². The van der Waals surface area contributed by atoms with Crippen LogP contribution in [0.15, 0.2) is 24.3 Å². The van der Waals surface area contributed by atoms with Gasteiger partial charge in [0, 0.05) is 11.6 Å². The van der Waals surface area contributed by atoms with Crippen molar-refractivity contribution in [1.29, 1.82) is 0 Å². The molecular weight excluding hydrogens is 280 g/mol. The predicted molar refractivity (Wildman–Crippen MR) is 73.8 cm³/mol. The molecule has 0 saturated carbocycles. The number of benzene rings is 1. The van der Waals surface area contributed by atoms with Crippen molar-refractivity contribution in [3.8, 4) is 5.75 Å². The van der Waals surface area contributed by atoms with E-state index < -0.39 is 0 Å². The van der Waals surface area contributed by atoms with Gasteiger partial charge in [0.1, 0.15) is 18.4 Å². The highest BCUT2D eigenvalue weighted by Gasteiger charge is 2.46. The quantitative estimate of drug-likeness (QED) is 0.800. The lowest BCUT2D eigenvalue weighted by Crippen LogP contribution is -2.36. The Balaban J connectivity index is 1.56. The van der Waals surface area contributed by atoms with Crippen molar-refractivity contribution >= 4 is 23.5 Å². The first kappa shape index (κ1) is 13.2. The maximum Gasteiger partial charge on any atom is 0.327 e. The van der Waals surface area contributed by atoms with Crippen LogP contribution in [0.5, 0.6) is 5.75 Å². The van der Waals surface area contributed by atoms with Crippen molar-refractivity contribution in [2.75, 3.05) is 19.7 Å². The smallest absolute Gasteiger partial charge is 0.327 e. The van der Waals surface area contributed by atoms with Crippen molar-refractivity contribution in [3.63, 3.8) is 0 Å². The van der Waals surface area contributed by atoms with Gasteiger partial charge in [0.15, 0.2) is 0 Å². The number of nitrogens with zero attached hydrogens (tertiary/aromatic N) is 2. The zero-order valence-corrected chi connectivity index (χ0v) is 11.7. The number of halogens is 1. The van der Waals surface area contributed by atoms with Gasteiger partial charge in [0.05, 0.1) is 6.54 Å². The number of urea groups is 1. The predicted octanol–water partition coefficient (Wildman–Crippen LogP) is 2.15. The van der Waals surface area contributed by atoms with Gasteiger partial charge < -0.3 is 9.64 Å². The second kappa shape index (κ2) is 5.32. The second-order valence-corrected chi connectivity index (χ2v) is 5.37. The molecule has 2 aliphatic heterocycles. The summed E-state index contributed by atoms with van der Waals surface area (Å²) in [7, 11) is 0. The number of fused-ring (bicyclic) bond motifs is 1. The van der Waals surface area contributed by atoms with Gasteiger partial charge in [-0.3, -0.25) is 9.69 Å². The summed E-state index contributed by atoms with van der Waals surface area (Å²) in [5.41, 5.74) is 0. The fourth-order valence-electron chi connectivity index (χ4n) is 2.70. The van der Waals surface area contributed by atoms with Crippen LogP contribution in [0.1, 0.15) is 12.8 Å². The molecule has 2 heterocycles. The SMILES string of the molecule is O=C1C2CCCN2C(=O)N1CCOc1cccc(Cl)c1. The molecule has 0 radical (unpaired) electrons. The van der Waals surface area contributed by atoms with E-state index in [4.69, 9.17) is 16.3 Å². The van der Waals surface area contributed by atoms with E-state index >= 15 is 0 Å². The van der Waals surface area contributed by atoms with E-state index in [0.29, 0.717) is 17.3 Å². The molecule has 5 nitrogen and oxygen atoms in total. The van der Waals surface area contributed by atoms with Gasteiger partial charge in [-0.2, -0.15) is 0 Å². The first-order valence-corrected chi connectivity index (χ1v) is 7.05. The third-order valence-electron chi connectivity index (χ3n) is 3.66. The highest BCUT2D eigenvalue weighted by molar-refractivity contribution is 6.30. The monoisotopic (exact) mass is 294 g/mol. The summed E-state index contributed by atoms with van der Waals surface area (Å²) in [4.78, 5) is 27.1. The van der Waals surface area contributed by atoms with Gasteiger partial charge in [0.2, 0.25) is 0 Å². The van der Waals surface area contributed by atoms with Crippen LogP contribution >= 0.6 is 11.6 Å².